The highest BCUT2D eigenvalue weighted by Crippen LogP contribution is 2.24. The molecule has 0 spiro atoms. The van der Waals surface area contributed by atoms with Gasteiger partial charge in [0.25, 0.3) is 5.91 Å². The van der Waals surface area contributed by atoms with Crippen LogP contribution in [0.1, 0.15) is 11.1 Å². The second-order valence-corrected chi connectivity index (χ2v) is 7.89. The number of carbonyl (C=O) groups is 1. The van der Waals surface area contributed by atoms with Crippen LogP contribution in [0.4, 0.5) is 5.82 Å². The van der Waals surface area contributed by atoms with E-state index in [4.69, 9.17) is 9.47 Å². The lowest BCUT2D eigenvalue weighted by Crippen LogP contribution is -2.50. The molecule has 2 heterocycles. The van der Waals surface area contributed by atoms with E-state index in [-0.39, 0.29) is 12.5 Å². The van der Waals surface area contributed by atoms with E-state index in [9.17, 15) is 4.79 Å². The van der Waals surface area contributed by atoms with Crippen molar-refractivity contribution in [3.05, 3.63) is 66.0 Å². The molecule has 7 heteroatoms. The van der Waals surface area contributed by atoms with Crippen LogP contribution in [0.15, 0.2) is 54.9 Å². The Kier molecular flexibility index (Phi) is 6.54. The van der Waals surface area contributed by atoms with Gasteiger partial charge < -0.3 is 19.3 Å². The van der Waals surface area contributed by atoms with Crippen LogP contribution in [-0.2, 0) is 4.79 Å². The van der Waals surface area contributed by atoms with Gasteiger partial charge in [-0.2, -0.15) is 0 Å². The van der Waals surface area contributed by atoms with E-state index >= 15 is 0 Å². The van der Waals surface area contributed by atoms with Crippen LogP contribution in [0.2, 0.25) is 0 Å². The van der Waals surface area contributed by atoms with Crippen LogP contribution in [0.5, 0.6) is 11.5 Å². The van der Waals surface area contributed by atoms with E-state index in [1.165, 1.54) is 5.56 Å². The molecule has 0 saturated carbocycles. The lowest BCUT2D eigenvalue weighted by atomic mass is 10.1. The molecule has 166 valence electrons. The summed E-state index contributed by atoms with van der Waals surface area (Å²) in [5.41, 5.74) is 4.23. The van der Waals surface area contributed by atoms with Crippen LogP contribution in [0.3, 0.4) is 0 Å². The van der Waals surface area contributed by atoms with Crippen LogP contribution >= 0.6 is 0 Å². The number of benzene rings is 2. The number of aryl methyl sites for hydroxylation is 2. The van der Waals surface area contributed by atoms with E-state index in [2.05, 4.69) is 21.8 Å². The molecule has 0 unspecified atom stereocenters. The van der Waals surface area contributed by atoms with Gasteiger partial charge in [-0.05, 0) is 61.4 Å². The summed E-state index contributed by atoms with van der Waals surface area (Å²) in [4.78, 5) is 25.5. The number of rotatable bonds is 6. The lowest BCUT2D eigenvalue weighted by molar-refractivity contribution is -0.133. The van der Waals surface area contributed by atoms with Crippen molar-refractivity contribution in [2.75, 3.05) is 44.8 Å². The van der Waals surface area contributed by atoms with E-state index in [1.54, 1.807) is 13.4 Å². The van der Waals surface area contributed by atoms with Crippen molar-refractivity contribution in [2.24, 2.45) is 0 Å². The van der Waals surface area contributed by atoms with Gasteiger partial charge in [0, 0.05) is 37.8 Å². The van der Waals surface area contributed by atoms with Gasteiger partial charge in [0.1, 0.15) is 23.6 Å². The van der Waals surface area contributed by atoms with Crippen molar-refractivity contribution in [3.63, 3.8) is 0 Å². The molecule has 0 atom stereocenters. The number of ether oxygens (including phenoxy) is 2. The Morgan fingerprint density at radius 2 is 1.62 bits per heavy atom. The number of amides is 1. The Bertz CT molecular complexity index is 1080. The molecule has 0 N–H and O–H groups in total. The molecule has 32 heavy (non-hydrogen) atoms. The predicted molar refractivity (Wildman–Crippen MR) is 124 cm³/mol. The van der Waals surface area contributed by atoms with Gasteiger partial charge in [-0.1, -0.05) is 6.07 Å². The summed E-state index contributed by atoms with van der Waals surface area (Å²) < 4.78 is 10.9. The number of carbonyl (C=O) groups excluding carboxylic acids is 1. The summed E-state index contributed by atoms with van der Waals surface area (Å²) in [7, 11) is 1.65. The van der Waals surface area contributed by atoms with Gasteiger partial charge in [0.2, 0.25) is 0 Å². The maximum atomic E-state index is 12.6. The molecule has 1 aromatic heterocycles. The molecule has 7 nitrogen and oxygen atoms in total. The average molecular weight is 433 g/mol. The summed E-state index contributed by atoms with van der Waals surface area (Å²) in [5.74, 6) is 2.41. The molecule has 0 bridgehead atoms. The zero-order valence-electron chi connectivity index (χ0n) is 18.7. The third kappa shape index (κ3) is 4.99. The first kappa shape index (κ1) is 21.6. The fraction of sp³-hybridized carbons (Fsp3) is 0.320. The molecule has 2 aromatic carbocycles. The van der Waals surface area contributed by atoms with Gasteiger partial charge in [0.05, 0.1) is 12.8 Å². The molecule has 0 radical (unpaired) electrons. The van der Waals surface area contributed by atoms with Gasteiger partial charge in [-0.3, -0.25) is 4.79 Å². The zero-order chi connectivity index (χ0) is 22.5. The summed E-state index contributed by atoms with van der Waals surface area (Å²) in [6.07, 6.45) is 1.59. The van der Waals surface area contributed by atoms with Crippen molar-refractivity contribution < 1.29 is 14.3 Å². The fourth-order valence-corrected chi connectivity index (χ4v) is 3.66. The number of anilines is 1. The fourth-order valence-electron chi connectivity index (χ4n) is 3.66. The van der Waals surface area contributed by atoms with Crippen molar-refractivity contribution >= 4 is 11.7 Å². The smallest absolute Gasteiger partial charge is 0.260 e. The number of nitrogens with zero attached hydrogens (tertiary/aromatic N) is 4. The standard InChI is InChI=1S/C25H28N4O3/c1-18-4-7-22(14-19(18)2)32-16-25(30)29-12-10-28(11-13-29)24-15-23(26-17-27-24)20-5-8-21(31-3)9-6-20/h4-9,14-15,17H,10-13,16H2,1-3H3. The minimum atomic E-state index is 0.00416. The molecule has 1 aliphatic heterocycles. The summed E-state index contributed by atoms with van der Waals surface area (Å²) in [6, 6.07) is 15.7. The summed E-state index contributed by atoms with van der Waals surface area (Å²) in [6.45, 7) is 6.85. The summed E-state index contributed by atoms with van der Waals surface area (Å²) >= 11 is 0. The quantitative estimate of drug-likeness (QED) is 0.594. The topological polar surface area (TPSA) is 67.8 Å². The van der Waals surface area contributed by atoms with Crippen LogP contribution in [0.25, 0.3) is 11.3 Å². The molecule has 1 aliphatic rings. The van der Waals surface area contributed by atoms with E-state index in [0.717, 1.165) is 34.1 Å². The largest absolute Gasteiger partial charge is 0.497 e. The predicted octanol–water partition coefficient (Wildman–Crippen LogP) is 3.50. The average Bonchev–Trinajstić information content (AvgIpc) is 2.85. The minimum Gasteiger partial charge on any atom is -0.497 e. The Morgan fingerprint density at radius 1 is 0.906 bits per heavy atom. The number of hydrogen-bond acceptors (Lipinski definition) is 6. The third-order valence-corrected chi connectivity index (χ3v) is 5.84. The van der Waals surface area contributed by atoms with Crippen molar-refractivity contribution in [3.8, 4) is 22.8 Å². The van der Waals surface area contributed by atoms with Gasteiger partial charge >= 0.3 is 0 Å². The van der Waals surface area contributed by atoms with Crippen LogP contribution < -0.4 is 14.4 Å². The number of piperazine rings is 1. The first-order valence-corrected chi connectivity index (χ1v) is 10.7. The number of hydrogen-bond donors (Lipinski definition) is 0. The Morgan fingerprint density at radius 3 is 2.31 bits per heavy atom. The molecular weight excluding hydrogens is 404 g/mol. The maximum Gasteiger partial charge on any atom is 0.260 e. The van der Waals surface area contributed by atoms with Crippen molar-refractivity contribution in [1.82, 2.24) is 14.9 Å². The highest BCUT2D eigenvalue weighted by atomic mass is 16.5. The minimum absolute atomic E-state index is 0.00416. The summed E-state index contributed by atoms with van der Waals surface area (Å²) in [5, 5.41) is 0. The van der Waals surface area contributed by atoms with E-state index < -0.39 is 0 Å². The second kappa shape index (κ2) is 9.68. The third-order valence-electron chi connectivity index (χ3n) is 5.84. The van der Waals surface area contributed by atoms with Crippen LogP contribution in [0, 0.1) is 13.8 Å². The number of aromatic nitrogens is 2. The lowest BCUT2D eigenvalue weighted by Gasteiger charge is -2.35. The molecule has 4 rings (SSSR count). The maximum absolute atomic E-state index is 12.6. The highest BCUT2D eigenvalue weighted by molar-refractivity contribution is 5.78. The molecule has 1 fully saturated rings. The van der Waals surface area contributed by atoms with E-state index in [1.807, 2.05) is 60.4 Å². The van der Waals surface area contributed by atoms with Gasteiger partial charge in [-0.15, -0.1) is 0 Å². The SMILES string of the molecule is COc1ccc(-c2cc(N3CCN(C(=O)COc4ccc(C)c(C)c4)CC3)ncn2)cc1. The van der Waals surface area contributed by atoms with E-state index in [0.29, 0.717) is 26.2 Å². The Balaban J connectivity index is 1.33. The highest BCUT2D eigenvalue weighted by Gasteiger charge is 2.22. The second-order valence-electron chi connectivity index (χ2n) is 7.89. The Hall–Kier alpha value is -3.61. The van der Waals surface area contributed by atoms with Crippen molar-refractivity contribution in [2.45, 2.75) is 13.8 Å². The van der Waals surface area contributed by atoms with Crippen LogP contribution in [-0.4, -0.2) is 60.7 Å². The first-order chi connectivity index (χ1) is 15.5. The number of methoxy groups -OCH3 is 1. The van der Waals surface area contributed by atoms with Crippen molar-refractivity contribution in [1.29, 1.82) is 0 Å². The molecule has 3 aromatic rings. The first-order valence-electron chi connectivity index (χ1n) is 10.7. The molecule has 1 saturated heterocycles. The molecular formula is C25H28N4O3. The van der Waals surface area contributed by atoms with Gasteiger partial charge in [0.15, 0.2) is 6.61 Å². The van der Waals surface area contributed by atoms with Gasteiger partial charge in [-0.25, -0.2) is 9.97 Å². The molecule has 1 amide bonds. The monoisotopic (exact) mass is 432 g/mol. The zero-order valence-corrected chi connectivity index (χ0v) is 18.7. The Labute approximate surface area is 188 Å². The molecule has 0 aliphatic carbocycles. The normalized spacial score (nSPS) is 13.7.